The van der Waals surface area contributed by atoms with Crippen LogP contribution in [0.15, 0.2) is 90.0 Å². The highest BCUT2D eigenvalue weighted by Crippen LogP contribution is 2.34. The van der Waals surface area contributed by atoms with Crippen molar-refractivity contribution in [3.8, 4) is 16.9 Å². The smallest absolute Gasteiger partial charge is 0.490 e. The number of fused-ring (bicyclic) bond motifs is 2. The summed E-state index contributed by atoms with van der Waals surface area (Å²) in [5.74, 6) is -3.55. The number of nitrogens with one attached hydrogen (secondary N) is 1. The zero-order chi connectivity index (χ0) is 35.7. The lowest BCUT2D eigenvalue weighted by Gasteiger charge is -2.29. The molecule has 258 valence electrons. The largest absolute Gasteiger partial charge is 0.508 e. The van der Waals surface area contributed by atoms with Gasteiger partial charge in [-0.3, -0.25) is 9.36 Å². The van der Waals surface area contributed by atoms with Crippen molar-refractivity contribution in [2.45, 2.75) is 31.0 Å². The number of carboxylic acids is 1. The van der Waals surface area contributed by atoms with Gasteiger partial charge >= 0.3 is 12.1 Å². The number of aromatic amines is 1. The van der Waals surface area contributed by atoms with Gasteiger partial charge in [-0.2, -0.15) is 13.2 Å². The van der Waals surface area contributed by atoms with Crippen molar-refractivity contribution >= 4 is 27.9 Å². The fourth-order valence-corrected chi connectivity index (χ4v) is 6.14. The lowest BCUT2D eigenvalue weighted by atomic mass is 9.88. The summed E-state index contributed by atoms with van der Waals surface area (Å²) in [4.78, 5) is 37.5. The quantitative estimate of drug-likeness (QED) is 0.166. The van der Waals surface area contributed by atoms with Crippen LogP contribution < -0.4 is 5.56 Å². The Morgan fingerprint density at radius 1 is 0.960 bits per heavy atom. The molecule has 7 rings (SSSR count). The van der Waals surface area contributed by atoms with E-state index in [-0.39, 0.29) is 33.6 Å². The second-order valence-electron chi connectivity index (χ2n) is 12.0. The molecule has 9 nitrogen and oxygen atoms in total. The van der Waals surface area contributed by atoms with E-state index in [1.807, 2.05) is 42.5 Å². The summed E-state index contributed by atoms with van der Waals surface area (Å²) in [6.07, 6.45) is -1.64. The molecule has 4 aromatic carbocycles. The van der Waals surface area contributed by atoms with Crippen LogP contribution in [0.25, 0.3) is 33.1 Å². The SMILES string of the molecule is CN1CCC(c2ccc(-c3ccc4ncn(C(c5nc6ccccc6[nH]5)c5cc(F)ccc5O)c(=O)c4c3F)cc2)CC1.O=C(O)C(F)(F)F. The number of imidazole rings is 1. The molecule has 0 amide bonds. The van der Waals surface area contributed by atoms with Crippen LogP contribution in [0.5, 0.6) is 5.75 Å². The van der Waals surface area contributed by atoms with E-state index in [1.54, 1.807) is 18.2 Å². The number of nitrogens with zero attached hydrogens (tertiary/aromatic N) is 4. The number of aromatic nitrogens is 4. The predicted molar refractivity (Wildman–Crippen MR) is 176 cm³/mol. The monoisotopic (exact) mass is 691 g/mol. The van der Waals surface area contributed by atoms with Gasteiger partial charge in [0.1, 0.15) is 34.6 Å². The predicted octanol–water partition coefficient (Wildman–Crippen LogP) is 7.00. The number of phenols is 1. The zero-order valence-corrected chi connectivity index (χ0v) is 26.5. The van der Waals surface area contributed by atoms with Gasteiger partial charge in [0.25, 0.3) is 5.56 Å². The van der Waals surface area contributed by atoms with Crippen LogP contribution in [-0.4, -0.2) is 66.9 Å². The first-order valence-electron chi connectivity index (χ1n) is 15.5. The first kappa shape index (κ1) is 34.2. The number of carbonyl (C=O) groups is 1. The number of likely N-dealkylation sites (tertiary alicyclic amines) is 1. The number of benzene rings is 4. The minimum atomic E-state index is -5.08. The minimum absolute atomic E-state index is 0.0864. The Labute approximate surface area is 281 Å². The first-order valence-corrected chi connectivity index (χ1v) is 15.5. The molecule has 0 aliphatic carbocycles. The summed E-state index contributed by atoms with van der Waals surface area (Å²) in [5.41, 5.74) is 3.08. The number of para-hydroxylation sites is 2. The summed E-state index contributed by atoms with van der Waals surface area (Å²) in [5, 5.41) is 17.7. The van der Waals surface area contributed by atoms with Gasteiger partial charge < -0.3 is 20.1 Å². The summed E-state index contributed by atoms with van der Waals surface area (Å²) in [7, 11) is 2.13. The maximum absolute atomic E-state index is 16.3. The number of hydrogen-bond donors (Lipinski definition) is 3. The third-order valence-electron chi connectivity index (χ3n) is 8.77. The molecule has 50 heavy (non-hydrogen) atoms. The molecule has 1 aliphatic heterocycles. The van der Waals surface area contributed by atoms with Gasteiger partial charge in [0.05, 0.1) is 22.9 Å². The molecule has 0 bridgehead atoms. The molecule has 0 saturated carbocycles. The molecule has 1 unspecified atom stereocenters. The molecule has 1 atom stereocenters. The van der Waals surface area contributed by atoms with Gasteiger partial charge in [-0.25, -0.2) is 23.5 Å². The molecular weight excluding hydrogens is 661 g/mol. The number of phenolic OH excluding ortho intramolecular Hbond substituents is 1. The van der Waals surface area contributed by atoms with Gasteiger partial charge in [0.15, 0.2) is 0 Å². The molecule has 0 radical (unpaired) electrons. The van der Waals surface area contributed by atoms with Crippen molar-refractivity contribution in [1.29, 1.82) is 0 Å². The molecule has 0 spiro atoms. The van der Waals surface area contributed by atoms with E-state index >= 15 is 4.39 Å². The van der Waals surface area contributed by atoms with E-state index < -0.39 is 35.4 Å². The summed E-state index contributed by atoms with van der Waals surface area (Å²) in [6.45, 7) is 2.10. The molecular formula is C36H30F5N5O4. The zero-order valence-electron chi connectivity index (χ0n) is 26.5. The average Bonchev–Trinajstić information content (AvgIpc) is 3.52. The number of carboxylic acid groups (broad SMARTS) is 1. The van der Waals surface area contributed by atoms with Crippen molar-refractivity contribution in [3.05, 3.63) is 124 Å². The van der Waals surface area contributed by atoms with Crippen molar-refractivity contribution in [2.24, 2.45) is 0 Å². The molecule has 2 aromatic heterocycles. The standard InChI is InChI=1S/C34H29F2N5O2.C2HF3O2/c1-40-16-14-21(15-17-40)20-6-8-22(9-7-20)24-11-12-28-30(31(24)36)34(43)41(19-37-28)32(25-18-23(35)10-13-29(25)42)33-38-26-4-2-3-5-27(26)39-33;3-2(4,5)1(6)7/h2-13,18-19,21,32,42H,14-17H2,1H3,(H,38,39);(H,6,7). The molecule has 3 heterocycles. The van der Waals surface area contributed by atoms with Gasteiger partial charge in [-0.1, -0.05) is 36.4 Å². The Morgan fingerprint density at radius 3 is 2.30 bits per heavy atom. The normalized spacial score (nSPS) is 14.8. The van der Waals surface area contributed by atoms with E-state index in [0.717, 1.165) is 38.1 Å². The molecule has 1 aliphatic rings. The third-order valence-corrected chi connectivity index (χ3v) is 8.77. The Kier molecular flexibility index (Phi) is 9.39. The lowest BCUT2D eigenvalue weighted by Crippen LogP contribution is -2.29. The molecule has 14 heteroatoms. The highest BCUT2D eigenvalue weighted by atomic mass is 19.4. The van der Waals surface area contributed by atoms with Crippen LogP contribution in [0.3, 0.4) is 0 Å². The Balaban J connectivity index is 0.000000561. The van der Waals surface area contributed by atoms with E-state index in [1.165, 1.54) is 22.5 Å². The van der Waals surface area contributed by atoms with Gasteiger partial charge in [-0.15, -0.1) is 0 Å². The van der Waals surface area contributed by atoms with Gasteiger partial charge in [-0.05, 0) is 92.5 Å². The van der Waals surface area contributed by atoms with E-state index in [2.05, 4.69) is 26.9 Å². The minimum Gasteiger partial charge on any atom is -0.508 e. The van der Waals surface area contributed by atoms with Crippen molar-refractivity contribution < 1.29 is 37.0 Å². The van der Waals surface area contributed by atoms with E-state index in [9.17, 15) is 27.5 Å². The van der Waals surface area contributed by atoms with Crippen molar-refractivity contribution in [1.82, 2.24) is 24.4 Å². The highest BCUT2D eigenvalue weighted by Gasteiger charge is 2.38. The van der Waals surface area contributed by atoms with Crippen molar-refractivity contribution in [2.75, 3.05) is 20.1 Å². The van der Waals surface area contributed by atoms with Crippen LogP contribution >= 0.6 is 0 Å². The maximum Gasteiger partial charge on any atom is 0.490 e. The number of aliphatic carboxylic acids is 1. The van der Waals surface area contributed by atoms with Crippen LogP contribution in [0.4, 0.5) is 22.0 Å². The second-order valence-corrected chi connectivity index (χ2v) is 12.0. The number of aromatic hydroxyl groups is 1. The third kappa shape index (κ3) is 6.92. The number of halogens is 5. The van der Waals surface area contributed by atoms with Gasteiger partial charge in [0, 0.05) is 11.1 Å². The van der Waals surface area contributed by atoms with Crippen LogP contribution in [0.1, 0.15) is 41.8 Å². The maximum atomic E-state index is 16.3. The number of H-pyrrole nitrogens is 1. The highest BCUT2D eigenvalue weighted by molar-refractivity contribution is 5.85. The first-order chi connectivity index (χ1) is 23.8. The van der Waals surface area contributed by atoms with Gasteiger partial charge in [0.2, 0.25) is 0 Å². The number of rotatable bonds is 5. The van der Waals surface area contributed by atoms with E-state index in [0.29, 0.717) is 22.5 Å². The van der Waals surface area contributed by atoms with Crippen molar-refractivity contribution in [3.63, 3.8) is 0 Å². The van der Waals surface area contributed by atoms with E-state index in [4.69, 9.17) is 9.90 Å². The fourth-order valence-electron chi connectivity index (χ4n) is 6.14. The second kappa shape index (κ2) is 13.7. The summed E-state index contributed by atoms with van der Waals surface area (Å²) in [6, 6.07) is 20.8. The lowest BCUT2D eigenvalue weighted by molar-refractivity contribution is -0.192. The van der Waals surface area contributed by atoms with Crippen LogP contribution in [-0.2, 0) is 4.79 Å². The average molecular weight is 692 g/mol. The molecule has 1 fully saturated rings. The Hall–Kier alpha value is -5.63. The molecule has 6 aromatic rings. The summed E-state index contributed by atoms with van der Waals surface area (Å²) >= 11 is 0. The number of hydrogen-bond acceptors (Lipinski definition) is 6. The Morgan fingerprint density at radius 2 is 1.64 bits per heavy atom. The molecule has 3 N–H and O–H groups in total. The fraction of sp³-hybridized carbons (Fsp3) is 0.222. The summed E-state index contributed by atoms with van der Waals surface area (Å²) < 4.78 is 63.7. The number of piperidine rings is 1. The van der Waals surface area contributed by atoms with Crippen LogP contribution in [0, 0.1) is 11.6 Å². The number of alkyl halides is 3. The topological polar surface area (TPSA) is 124 Å². The Bertz CT molecular complexity index is 2210. The molecule has 1 saturated heterocycles. The van der Waals surface area contributed by atoms with Crippen LogP contribution in [0.2, 0.25) is 0 Å².